The Bertz CT molecular complexity index is 833. The van der Waals surface area contributed by atoms with Crippen molar-refractivity contribution >= 4 is 29.5 Å². The molecule has 148 valence electrons. The van der Waals surface area contributed by atoms with Crippen molar-refractivity contribution in [3.05, 3.63) is 53.3 Å². The first kappa shape index (κ1) is 20.8. The molecule has 28 heavy (non-hydrogen) atoms. The molecule has 1 aromatic heterocycles. The summed E-state index contributed by atoms with van der Waals surface area (Å²) in [5.74, 6) is 0.795. The van der Waals surface area contributed by atoms with Gasteiger partial charge >= 0.3 is 0 Å². The Hall–Kier alpha value is -1.94. The van der Waals surface area contributed by atoms with Crippen LogP contribution in [0.25, 0.3) is 0 Å². The van der Waals surface area contributed by atoms with Gasteiger partial charge in [-0.05, 0) is 61.4 Å². The van der Waals surface area contributed by atoms with Gasteiger partial charge in [-0.3, -0.25) is 4.79 Å². The van der Waals surface area contributed by atoms with E-state index in [4.69, 9.17) is 11.6 Å². The zero-order valence-corrected chi connectivity index (χ0v) is 17.5. The average molecular weight is 417 g/mol. The second-order valence-corrected chi connectivity index (χ2v) is 8.48. The van der Waals surface area contributed by atoms with Crippen molar-refractivity contribution in [2.24, 2.45) is 5.92 Å². The van der Waals surface area contributed by atoms with Crippen molar-refractivity contribution in [2.75, 3.05) is 13.1 Å². The summed E-state index contributed by atoms with van der Waals surface area (Å²) in [6.45, 7) is 4.46. The molecule has 1 unspecified atom stereocenters. The number of nitriles is 1. The molecule has 1 atom stereocenters. The number of piperidine rings is 1. The molecule has 2 aromatic rings. The summed E-state index contributed by atoms with van der Waals surface area (Å²) in [4.78, 5) is 16.0. The van der Waals surface area contributed by atoms with E-state index in [0.717, 1.165) is 30.8 Å². The van der Waals surface area contributed by atoms with E-state index in [9.17, 15) is 10.1 Å². The van der Waals surface area contributed by atoms with E-state index in [1.807, 2.05) is 46.0 Å². The molecule has 2 heterocycles. The molecule has 1 saturated heterocycles. The molecule has 0 spiro atoms. The standard InChI is InChI=1S/C21H25ClN4OS/c1-16-8-12-26(13-9-16)21(27)19(10-14-25-11-4-5-17(25)15-23)24-28-20-7-3-2-6-18(20)22/h2-7,11,16,19,24H,8-10,12-14H2,1H3. The number of likely N-dealkylation sites (tertiary alicyclic amines) is 1. The van der Waals surface area contributed by atoms with Gasteiger partial charge in [0.2, 0.25) is 5.91 Å². The maximum absolute atomic E-state index is 13.2. The smallest absolute Gasteiger partial charge is 0.240 e. The minimum absolute atomic E-state index is 0.122. The number of hydrogen-bond donors (Lipinski definition) is 1. The van der Waals surface area contributed by atoms with Crippen LogP contribution in [0.1, 0.15) is 31.9 Å². The summed E-state index contributed by atoms with van der Waals surface area (Å²) in [5, 5.41) is 9.87. The molecule has 0 saturated carbocycles. The quantitative estimate of drug-likeness (QED) is 0.682. The van der Waals surface area contributed by atoms with Gasteiger partial charge in [0, 0.05) is 30.7 Å². The number of amides is 1. The van der Waals surface area contributed by atoms with Gasteiger partial charge in [0.25, 0.3) is 0 Å². The molecule has 1 amide bonds. The molecular formula is C21H25ClN4OS. The van der Waals surface area contributed by atoms with Gasteiger partial charge in [0.15, 0.2) is 0 Å². The molecule has 1 aliphatic rings. The number of aromatic nitrogens is 1. The van der Waals surface area contributed by atoms with Gasteiger partial charge in [-0.15, -0.1) is 0 Å². The summed E-state index contributed by atoms with van der Waals surface area (Å²) in [6.07, 6.45) is 4.58. The summed E-state index contributed by atoms with van der Waals surface area (Å²) >= 11 is 7.64. The third-order valence-corrected chi connectivity index (χ3v) is 6.56. The van der Waals surface area contributed by atoms with E-state index < -0.39 is 0 Å². The first-order chi connectivity index (χ1) is 13.6. The zero-order chi connectivity index (χ0) is 19.9. The second-order valence-electron chi connectivity index (χ2n) is 7.20. The first-order valence-corrected chi connectivity index (χ1v) is 10.8. The normalized spacial score (nSPS) is 16.0. The van der Waals surface area contributed by atoms with Gasteiger partial charge in [-0.25, -0.2) is 4.72 Å². The molecule has 0 bridgehead atoms. The fourth-order valence-corrected chi connectivity index (χ4v) is 4.37. The van der Waals surface area contributed by atoms with Gasteiger partial charge < -0.3 is 9.47 Å². The maximum atomic E-state index is 13.2. The molecule has 7 heteroatoms. The topological polar surface area (TPSA) is 61.1 Å². The highest BCUT2D eigenvalue weighted by molar-refractivity contribution is 7.97. The Morgan fingerprint density at radius 2 is 2.07 bits per heavy atom. The largest absolute Gasteiger partial charge is 0.341 e. The number of nitrogens with zero attached hydrogens (tertiary/aromatic N) is 3. The first-order valence-electron chi connectivity index (χ1n) is 9.59. The minimum atomic E-state index is -0.344. The Kier molecular flexibility index (Phi) is 7.43. The second kappa shape index (κ2) is 10.0. The van der Waals surface area contributed by atoms with E-state index in [1.165, 1.54) is 11.9 Å². The Labute approximate surface area is 175 Å². The van der Waals surface area contributed by atoms with Gasteiger partial charge in [-0.2, -0.15) is 5.26 Å². The maximum Gasteiger partial charge on any atom is 0.240 e. The lowest BCUT2D eigenvalue weighted by molar-refractivity contribution is -0.134. The van der Waals surface area contributed by atoms with Crippen molar-refractivity contribution in [1.29, 1.82) is 5.26 Å². The van der Waals surface area contributed by atoms with E-state index in [-0.39, 0.29) is 11.9 Å². The van der Waals surface area contributed by atoms with E-state index in [1.54, 1.807) is 6.07 Å². The van der Waals surface area contributed by atoms with Crippen molar-refractivity contribution in [3.63, 3.8) is 0 Å². The lowest BCUT2D eigenvalue weighted by Crippen LogP contribution is -2.47. The summed E-state index contributed by atoms with van der Waals surface area (Å²) in [5.41, 5.74) is 0.608. The third-order valence-electron chi connectivity index (χ3n) is 5.14. The van der Waals surface area contributed by atoms with Gasteiger partial charge in [-0.1, -0.05) is 30.7 Å². The van der Waals surface area contributed by atoms with Crippen LogP contribution in [0, 0.1) is 17.2 Å². The Morgan fingerprint density at radius 1 is 1.32 bits per heavy atom. The van der Waals surface area contributed by atoms with Crippen LogP contribution < -0.4 is 4.72 Å². The Morgan fingerprint density at radius 3 is 2.79 bits per heavy atom. The number of aryl methyl sites for hydroxylation is 1. The predicted octanol–water partition coefficient (Wildman–Crippen LogP) is 4.33. The fourth-order valence-electron chi connectivity index (χ4n) is 3.32. The number of carbonyl (C=O) groups excluding carboxylic acids is 1. The van der Waals surface area contributed by atoms with Crippen LogP contribution in [0.5, 0.6) is 0 Å². The third kappa shape index (κ3) is 5.32. The number of benzene rings is 1. The number of halogens is 1. The van der Waals surface area contributed by atoms with E-state index in [2.05, 4.69) is 17.7 Å². The van der Waals surface area contributed by atoms with Crippen LogP contribution in [0.15, 0.2) is 47.5 Å². The molecule has 0 aliphatic carbocycles. The highest BCUT2D eigenvalue weighted by atomic mass is 35.5. The average Bonchev–Trinajstić information content (AvgIpc) is 3.17. The molecule has 1 fully saturated rings. The van der Waals surface area contributed by atoms with Crippen molar-refractivity contribution in [3.8, 4) is 6.07 Å². The Balaban J connectivity index is 1.68. The summed E-state index contributed by atoms with van der Waals surface area (Å²) in [7, 11) is 0. The number of rotatable bonds is 7. The SMILES string of the molecule is CC1CCN(C(=O)C(CCn2cccc2C#N)NSc2ccccc2Cl)CC1. The molecular weight excluding hydrogens is 392 g/mol. The summed E-state index contributed by atoms with van der Waals surface area (Å²) in [6, 6.07) is 13.1. The molecule has 5 nitrogen and oxygen atoms in total. The molecule has 1 N–H and O–H groups in total. The van der Waals surface area contributed by atoms with Crippen LogP contribution in [-0.4, -0.2) is 34.5 Å². The molecule has 0 radical (unpaired) electrons. The van der Waals surface area contributed by atoms with Crippen LogP contribution in [0.2, 0.25) is 5.02 Å². The number of hydrogen-bond acceptors (Lipinski definition) is 4. The van der Waals surface area contributed by atoms with E-state index >= 15 is 0 Å². The fraction of sp³-hybridized carbons (Fsp3) is 0.429. The summed E-state index contributed by atoms with van der Waals surface area (Å²) < 4.78 is 5.22. The van der Waals surface area contributed by atoms with Gasteiger partial charge in [0.1, 0.15) is 11.8 Å². The molecule has 1 aromatic carbocycles. The lowest BCUT2D eigenvalue weighted by atomic mass is 9.98. The van der Waals surface area contributed by atoms with Crippen LogP contribution >= 0.6 is 23.5 Å². The van der Waals surface area contributed by atoms with Crippen molar-refractivity contribution < 1.29 is 4.79 Å². The van der Waals surface area contributed by atoms with Crippen molar-refractivity contribution in [2.45, 2.75) is 43.7 Å². The molecule has 1 aliphatic heterocycles. The van der Waals surface area contributed by atoms with E-state index in [0.29, 0.717) is 29.6 Å². The lowest BCUT2D eigenvalue weighted by Gasteiger charge is -2.33. The number of nitrogens with one attached hydrogen (secondary N) is 1. The highest BCUT2D eigenvalue weighted by Gasteiger charge is 2.27. The number of carbonyl (C=O) groups is 1. The molecule has 3 rings (SSSR count). The van der Waals surface area contributed by atoms with Crippen LogP contribution in [0.4, 0.5) is 0 Å². The van der Waals surface area contributed by atoms with Crippen LogP contribution in [0.3, 0.4) is 0 Å². The van der Waals surface area contributed by atoms with Gasteiger partial charge in [0.05, 0.1) is 11.1 Å². The van der Waals surface area contributed by atoms with Crippen LogP contribution in [-0.2, 0) is 11.3 Å². The zero-order valence-electron chi connectivity index (χ0n) is 16.0. The monoisotopic (exact) mass is 416 g/mol. The highest BCUT2D eigenvalue weighted by Crippen LogP contribution is 2.26. The minimum Gasteiger partial charge on any atom is -0.341 e. The predicted molar refractivity (Wildman–Crippen MR) is 113 cm³/mol. The van der Waals surface area contributed by atoms with Crippen molar-refractivity contribution in [1.82, 2.24) is 14.2 Å².